The third-order valence-electron chi connectivity index (χ3n) is 3.80. The summed E-state index contributed by atoms with van der Waals surface area (Å²) in [4.78, 5) is 2.65. The molecule has 3 rings (SSSR count). The predicted molar refractivity (Wildman–Crippen MR) is 92.1 cm³/mol. The first kappa shape index (κ1) is 15.1. The first-order valence-corrected chi connectivity index (χ1v) is 8.77. The number of ether oxygens (including phenoxy) is 1. The molecule has 1 aromatic heterocycles. The second-order valence-electron chi connectivity index (χ2n) is 6.58. The number of thiophene rings is 1. The van der Waals surface area contributed by atoms with E-state index in [4.69, 9.17) is 10.5 Å². The van der Waals surface area contributed by atoms with Gasteiger partial charge in [0.05, 0.1) is 0 Å². The van der Waals surface area contributed by atoms with Gasteiger partial charge in [-0.05, 0) is 29.7 Å². The van der Waals surface area contributed by atoms with Crippen molar-refractivity contribution in [1.82, 2.24) is 0 Å². The molecule has 1 aromatic carbocycles. The third kappa shape index (κ3) is 3.03. The molecular formula is C17H20BrNOS. The molecule has 2 nitrogen and oxygen atoms in total. The van der Waals surface area contributed by atoms with Crippen LogP contribution in [0.2, 0.25) is 0 Å². The number of benzene rings is 1. The van der Waals surface area contributed by atoms with Crippen molar-refractivity contribution < 1.29 is 4.74 Å². The average molecular weight is 366 g/mol. The maximum atomic E-state index is 6.33. The van der Waals surface area contributed by atoms with Gasteiger partial charge in [-0.2, -0.15) is 0 Å². The van der Waals surface area contributed by atoms with Gasteiger partial charge in [-0.3, -0.25) is 0 Å². The number of hydrogen-bond acceptors (Lipinski definition) is 3. The molecule has 112 valence electrons. The Kier molecular flexibility index (Phi) is 3.89. The molecule has 0 fully saturated rings. The van der Waals surface area contributed by atoms with Crippen LogP contribution in [0.25, 0.3) is 0 Å². The fourth-order valence-corrected chi connectivity index (χ4v) is 4.03. The quantitative estimate of drug-likeness (QED) is 0.740. The zero-order valence-corrected chi connectivity index (χ0v) is 14.9. The fourth-order valence-electron chi connectivity index (χ4n) is 2.58. The van der Waals surface area contributed by atoms with Gasteiger partial charge < -0.3 is 10.5 Å². The van der Waals surface area contributed by atoms with E-state index >= 15 is 0 Å². The predicted octanol–water partition coefficient (Wildman–Crippen LogP) is 5.33. The molecule has 1 aliphatic heterocycles. The summed E-state index contributed by atoms with van der Waals surface area (Å²) in [6, 6.07) is 10.5. The van der Waals surface area contributed by atoms with E-state index in [2.05, 4.69) is 54.9 Å². The highest BCUT2D eigenvalue weighted by Gasteiger charge is 2.29. The molecule has 2 N–H and O–H groups in total. The van der Waals surface area contributed by atoms with Crippen LogP contribution < -0.4 is 10.5 Å². The van der Waals surface area contributed by atoms with E-state index in [1.165, 1.54) is 9.75 Å². The number of rotatable bonds is 1. The zero-order valence-electron chi connectivity index (χ0n) is 12.5. The number of nitrogens with two attached hydrogens (primary N) is 1. The van der Waals surface area contributed by atoms with Crippen LogP contribution in [-0.4, -0.2) is 0 Å². The minimum atomic E-state index is 0.0343. The number of fused-ring (bicyclic) bond motifs is 1. The van der Waals surface area contributed by atoms with Gasteiger partial charge in [0, 0.05) is 32.3 Å². The Morgan fingerprint density at radius 1 is 1.24 bits per heavy atom. The molecule has 1 aliphatic rings. The van der Waals surface area contributed by atoms with Gasteiger partial charge >= 0.3 is 0 Å². The lowest BCUT2D eigenvalue weighted by atomic mass is 9.94. The van der Waals surface area contributed by atoms with Gasteiger partial charge in [0.25, 0.3) is 0 Å². The van der Waals surface area contributed by atoms with Gasteiger partial charge in [0.1, 0.15) is 11.9 Å². The van der Waals surface area contributed by atoms with Crippen molar-refractivity contribution in [2.24, 2.45) is 5.73 Å². The summed E-state index contributed by atoms with van der Waals surface area (Å²) in [5.74, 6) is 0.902. The molecular weight excluding hydrogens is 346 g/mol. The Morgan fingerprint density at radius 3 is 2.67 bits per heavy atom. The van der Waals surface area contributed by atoms with E-state index in [-0.39, 0.29) is 17.6 Å². The minimum Gasteiger partial charge on any atom is -0.484 e. The van der Waals surface area contributed by atoms with Crippen LogP contribution in [0.4, 0.5) is 0 Å². The third-order valence-corrected chi connectivity index (χ3v) is 5.89. The molecule has 21 heavy (non-hydrogen) atoms. The summed E-state index contributed by atoms with van der Waals surface area (Å²) < 4.78 is 7.22. The number of hydrogen-bond donors (Lipinski definition) is 1. The van der Waals surface area contributed by atoms with E-state index in [0.717, 1.165) is 22.2 Å². The molecule has 1 unspecified atom stereocenters. The van der Waals surface area contributed by atoms with Crippen molar-refractivity contribution in [2.45, 2.75) is 44.8 Å². The highest BCUT2D eigenvalue weighted by molar-refractivity contribution is 9.10. The van der Waals surface area contributed by atoms with Crippen LogP contribution in [0.5, 0.6) is 5.75 Å². The second-order valence-corrected chi connectivity index (χ2v) is 8.61. The molecule has 0 saturated carbocycles. The van der Waals surface area contributed by atoms with Crippen LogP contribution >= 0.6 is 27.3 Å². The second kappa shape index (κ2) is 5.41. The molecule has 2 aromatic rings. The van der Waals surface area contributed by atoms with E-state index in [0.29, 0.717) is 0 Å². The highest BCUT2D eigenvalue weighted by Crippen LogP contribution is 2.43. The maximum absolute atomic E-state index is 6.33. The van der Waals surface area contributed by atoms with Crippen LogP contribution in [0.3, 0.4) is 0 Å². The van der Waals surface area contributed by atoms with E-state index < -0.39 is 0 Å². The lowest BCUT2D eigenvalue weighted by Gasteiger charge is -2.30. The summed E-state index contributed by atoms with van der Waals surface area (Å²) in [6.07, 6.45) is 0.890. The number of halogens is 1. The first-order chi connectivity index (χ1) is 9.84. The van der Waals surface area contributed by atoms with Crippen molar-refractivity contribution in [3.63, 3.8) is 0 Å². The van der Waals surface area contributed by atoms with Crippen LogP contribution in [-0.2, 0) is 5.41 Å². The molecule has 0 bridgehead atoms. The monoisotopic (exact) mass is 365 g/mol. The van der Waals surface area contributed by atoms with Gasteiger partial charge in [-0.1, -0.05) is 42.8 Å². The lowest BCUT2D eigenvalue weighted by Crippen LogP contribution is -2.23. The fraction of sp³-hybridized carbons (Fsp3) is 0.412. The Balaban J connectivity index is 1.90. The maximum Gasteiger partial charge on any atom is 0.135 e. The molecule has 0 saturated heterocycles. The van der Waals surface area contributed by atoms with Crippen molar-refractivity contribution in [3.8, 4) is 5.75 Å². The average Bonchev–Trinajstić information content (AvgIpc) is 2.87. The van der Waals surface area contributed by atoms with Crippen molar-refractivity contribution >= 4 is 27.3 Å². The van der Waals surface area contributed by atoms with Crippen molar-refractivity contribution in [1.29, 1.82) is 0 Å². The molecule has 0 aliphatic carbocycles. The Hall–Kier alpha value is -0.840. The Morgan fingerprint density at radius 2 is 2.00 bits per heavy atom. The zero-order chi connectivity index (χ0) is 15.2. The van der Waals surface area contributed by atoms with E-state index in [1.54, 1.807) is 0 Å². The Bertz CT molecular complexity index is 659. The van der Waals surface area contributed by atoms with E-state index in [1.807, 2.05) is 23.5 Å². The molecule has 0 amide bonds. The molecule has 2 atom stereocenters. The minimum absolute atomic E-state index is 0.0343. The summed E-state index contributed by atoms with van der Waals surface area (Å²) in [7, 11) is 0. The lowest BCUT2D eigenvalue weighted by molar-refractivity contribution is 0.165. The summed E-state index contributed by atoms with van der Waals surface area (Å²) >= 11 is 5.33. The first-order valence-electron chi connectivity index (χ1n) is 7.16. The Labute approximate surface area is 138 Å². The van der Waals surface area contributed by atoms with Gasteiger partial charge in [0.15, 0.2) is 0 Å². The topological polar surface area (TPSA) is 35.2 Å². The summed E-state index contributed by atoms with van der Waals surface area (Å²) in [6.45, 7) is 6.72. The van der Waals surface area contributed by atoms with Crippen molar-refractivity contribution in [2.75, 3.05) is 0 Å². The standard InChI is InChI=1S/C17H20BrNOS/c1-17(2,3)16-7-6-15(21-16)14-9-12(19)11-5-4-10(18)8-13(11)20-14/h4-8,12,14H,9,19H2,1-3H3/t12-,14?/m0/s1. The van der Waals surface area contributed by atoms with E-state index in [9.17, 15) is 0 Å². The smallest absolute Gasteiger partial charge is 0.135 e. The van der Waals surface area contributed by atoms with Crippen molar-refractivity contribution in [3.05, 3.63) is 50.1 Å². The summed E-state index contributed by atoms with van der Waals surface area (Å²) in [5.41, 5.74) is 7.61. The molecule has 4 heteroatoms. The normalized spacial score (nSPS) is 21.8. The van der Waals surface area contributed by atoms with Crippen LogP contribution in [0.1, 0.15) is 54.7 Å². The molecule has 0 spiro atoms. The van der Waals surface area contributed by atoms with Crippen LogP contribution in [0, 0.1) is 0 Å². The largest absolute Gasteiger partial charge is 0.484 e. The van der Waals surface area contributed by atoms with Gasteiger partial charge in [-0.25, -0.2) is 0 Å². The molecule has 2 heterocycles. The highest BCUT2D eigenvalue weighted by atomic mass is 79.9. The van der Waals surface area contributed by atoms with Gasteiger partial charge in [0.2, 0.25) is 0 Å². The van der Waals surface area contributed by atoms with Gasteiger partial charge in [-0.15, -0.1) is 11.3 Å². The van der Waals surface area contributed by atoms with Crippen LogP contribution in [0.15, 0.2) is 34.8 Å². The molecule has 0 radical (unpaired) electrons. The summed E-state index contributed by atoms with van der Waals surface area (Å²) in [5, 5.41) is 0. The SMILES string of the molecule is CC(C)(C)c1ccc(C2C[C@H](N)c3ccc(Br)cc3O2)s1.